The number of rotatable bonds is 4. The van der Waals surface area contributed by atoms with E-state index >= 15 is 0 Å². The van der Waals surface area contributed by atoms with Gasteiger partial charge in [0.05, 0.1) is 28.9 Å². The highest BCUT2D eigenvalue weighted by Gasteiger charge is 2.23. The molecule has 0 aliphatic carbocycles. The van der Waals surface area contributed by atoms with E-state index in [2.05, 4.69) is 0 Å². The Labute approximate surface area is 108 Å². The van der Waals surface area contributed by atoms with E-state index in [-0.39, 0.29) is 15.7 Å². The lowest BCUT2D eigenvalue weighted by molar-refractivity contribution is 0.0454. The van der Waals surface area contributed by atoms with Gasteiger partial charge in [-0.1, -0.05) is 0 Å². The molecule has 3 N–H and O–H groups in total. The number of benzene rings is 1. The molecule has 1 aliphatic rings. The van der Waals surface area contributed by atoms with Crippen molar-refractivity contribution in [3.05, 3.63) is 23.8 Å². The molecular weight excluding hydrogens is 278 g/mol. The van der Waals surface area contributed by atoms with E-state index in [4.69, 9.17) is 15.0 Å². The molecule has 1 aromatic rings. The van der Waals surface area contributed by atoms with E-state index in [0.717, 1.165) is 6.07 Å². The highest BCUT2D eigenvalue weighted by Crippen LogP contribution is 2.31. The predicted molar refractivity (Wildman–Crippen MR) is 65.2 cm³/mol. The van der Waals surface area contributed by atoms with Crippen LogP contribution in [0.5, 0.6) is 0 Å². The van der Waals surface area contributed by atoms with Crippen LogP contribution in [-0.2, 0) is 14.8 Å². The largest absolute Gasteiger partial charge is 0.478 e. The first-order valence-electron chi connectivity index (χ1n) is 5.02. The third-order valence-corrected chi connectivity index (χ3v) is 4.54. The van der Waals surface area contributed by atoms with Gasteiger partial charge in [-0.05, 0) is 18.2 Å². The number of thioether (sulfide) groups is 1. The smallest absolute Gasteiger partial charge is 0.336 e. The Balaban J connectivity index is 2.37. The van der Waals surface area contributed by atoms with Crippen LogP contribution >= 0.6 is 11.8 Å². The van der Waals surface area contributed by atoms with E-state index in [1.165, 1.54) is 23.9 Å². The summed E-state index contributed by atoms with van der Waals surface area (Å²) in [7, 11) is -3.89. The van der Waals surface area contributed by atoms with Crippen LogP contribution in [0.25, 0.3) is 0 Å². The second-order valence-electron chi connectivity index (χ2n) is 3.79. The summed E-state index contributed by atoms with van der Waals surface area (Å²) in [6, 6.07) is 3.86. The van der Waals surface area contributed by atoms with Gasteiger partial charge in [0, 0.05) is 4.90 Å². The van der Waals surface area contributed by atoms with Crippen molar-refractivity contribution in [2.75, 3.05) is 13.2 Å². The number of primary sulfonamides is 1. The molecule has 0 saturated carbocycles. The van der Waals surface area contributed by atoms with Gasteiger partial charge in [0.15, 0.2) is 0 Å². The van der Waals surface area contributed by atoms with Crippen LogP contribution in [0.3, 0.4) is 0 Å². The highest BCUT2D eigenvalue weighted by atomic mass is 32.2. The normalized spacial score (nSPS) is 16.3. The first kappa shape index (κ1) is 13.3. The summed E-state index contributed by atoms with van der Waals surface area (Å²) >= 11 is 1.36. The molecule has 0 radical (unpaired) electrons. The van der Waals surface area contributed by atoms with Gasteiger partial charge < -0.3 is 9.84 Å². The Morgan fingerprint density at radius 2 is 2.11 bits per heavy atom. The van der Waals surface area contributed by atoms with E-state index in [9.17, 15) is 13.2 Å². The monoisotopic (exact) mass is 289 g/mol. The van der Waals surface area contributed by atoms with Crippen molar-refractivity contribution in [1.29, 1.82) is 0 Å². The summed E-state index contributed by atoms with van der Waals surface area (Å²) in [4.78, 5) is 11.4. The third kappa shape index (κ3) is 2.83. The van der Waals surface area contributed by atoms with Gasteiger partial charge >= 0.3 is 5.97 Å². The zero-order valence-electron chi connectivity index (χ0n) is 9.20. The van der Waals surface area contributed by atoms with Gasteiger partial charge in [-0.25, -0.2) is 18.4 Å². The number of hydrogen-bond donors (Lipinski definition) is 2. The fourth-order valence-corrected chi connectivity index (χ4v) is 3.06. The minimum absolute atomic E-state index is 0.0570. The molecule has 1 saturated heterocycles. The third-order valence-electron chi connectivity index (χ3n) is 2.41. The maximum Gasteiger partial charge on any atom is 0.336 e. The predicted octanol–water partition coefficient (Wildman–Crippen LogP) is 0.523. The molecule has 0 spiro atoms. The molecule has 6 nitrogen and oxygen atoms in total. The molecule has 1 aliphatic heterocycles. The molecule has 18 heavy (non-hydrogen) atoms. The van der Waals surface area contributed by atoms with Crippen molar-refractivity contribution in [1.82, 2.24) is 0 Å². The van der Waals surface area contributed by atoms with Crippen LogP contribution < -0.4 is 5.14 Å². The van der Waals surface area contributed by atoms with Crippen molar-refractivity contribution in [3.63, 3.8) is 0 Å². The van der Waals surface area contributed by atoms with Crippen LogP contribution in [0.2, 0.25) is 0 Å². The van der Waals surface area contributed by atoms with E-state index in [1.54, 1.807) is 0 Å². The molecule has 0 atom stereocenters. The molecule has 0 amide bonds. The molecule has 98 valence electrons. The summed E-state index contributed by atoms with van der Waals surface area (Å²) in [5, 5.41) is 14.3. The molecule has 1 aromatic carbocycles. The van der Waals surface area contributed by atoms with Crippen molar-refractivity contribution in [3.8, 4) is 0 Å². The average Bonchev–Trinajstić information content (AvgIpc) is 2.21. The van der Waals surface area contributed by atoms with Gasteiger partial charge in [-0.2, -0.15) is 0 Å². The number of carboxylic acid groups (broad SMARTS) is 1. The van der Waals surface area contributed by atoms with E-state index in [1.807, 2.05) is 0 Å². The van der Waals surface area contributed by atoms with E-state index < -0.39 is 16.0 Å². The standard InChI is InChI=1S/C10H11NO5S2/c11-18(14,15)7-1-2-9(8(3-7)10(12)13)17-6-4-16-5-6/h1-3,6H,4-5H2,(H,12,13)(H2,11,14,15). The van der Waals surface area contributed by atoms with Crippen LogP contribution in [0.4, 0.5) is 0 Å². The lowest BCUT2D eigenvalue weighted by Crippen LogP contribution is -2.30. The number of ether oxygens (including phenoxy) is 1. The molecule has 0 aromatic heterocycles. The van der Waals surface area contributed by atoms with Gasteiger partial charge in [-0.3, -0.25) is 0 Å². The molecule has 1 fully saturated rings. The number of nitrogens with two attached hydrogens (primary N) is 1. The molecular formula is C10H11NO5S2. The number of aromatic carboxylic acids is 1. The number of sulfonamides is 1. The molecule has 1 heterocycles. The zero-order valence-corrected chi connectivity index (χ0v) is 10.8. The topological polar surface area (TPSA) is 107 Å². The van der Waals surface area contributed by atoms with E-state index in [0.29, 0.717) is 18.1 Å². The lowest BCUT2D eigenvalue weighted by atomic mass is 10.2. The maximum atomic E-state index is 11.2. The summed E-state index contributed by atoms with van der Waals surface area (Å²) in [5.74, 6) is -1.18. The Bertz CT molecular complexity index is 580. The van der Waals surface area contributed by atoms with Crippen LogP contribution in [0, 0.1) is 0 Å². The van der Waals surface area contributed by atoms with Crippen LogP contribution in [0.1, 0.15) is 10.4 Å². The Hall–Kier alpha value is -1.09. The fourth-order valence-electron chi connectivity index (χ4n) is 1.42. The van der Waals surface area contributed by atoms with Crippen LogP contribution in [0.15, 0.2) is 28.0 Å². The first-order chi connectivity index (χ1) is 8.38. The summed E-state index contributed by atoms with van der Waals surface area (Å²) in [6.07, 6.45) is 0. The average molecular weight is 289 g/mol. The van der Waals surface area contributed by atoms with Gasteiger partial charge in [-0.15, -0.1) is 11.8 Å². The Morgan fingerprint density at radius 3 is 2.56 bits per heavy atom. The van der Waals surface area contributed by atoms with Crippen molar-refractivity contribution in [2.24, 2.45) is 5.14 Å². The Morgan fingerprint density at radius 1 is 1.44 bits per heavy atom. The Kier molecular flexibility index (Phi) is 3.62. The van der Waals surface area contributed by atoms with Crippen molar-refractivity contribution in [2.45, 2.75) is 15.0 Å². The van der Waals surface area contributed by atoms with Crippen molar-refractivity contribution < 1.29 is 23.1 Å². The summed E-state index contributed by atoms with van der Waals surface area (Å²) in [5.41, 5.74) is -0.0570. The van der Waals surface area contributed by atoms with Crippen molar-refractivity contribution >= 4 is 27.8 Å². The number of carboxylic acids is 1. The first-order valence-corrected chi connectivity index (χ1v) is 7.45. The minimum atomic E-state index is -3.89. The lowest BCUT2D eigenvalue weighted by Gasteiger charge is -2.25. The highest BCUT2D eigenvalue weighted by molar-refractivity contribution is 8.00. The fraction of sp³-hybridized carbons (Fsp3) is 0.300. The second-order valence-corrected chi connectivity index (χ2v) is 6.69. The maximum absolute atomic E-state index is 11.2. The molecule has 2 rings (SSSR count). The summed E-state index contributed by atoms with van der Waals surface area (Å²) in [6.45, 7) is 1.14. The molecule has 8 heteroatoms. The second kappa shape index (κ2) is 4.88. The number of hydrogen-bond acceptors (Lipinski definition) is 5. The van der Waals surface area contributed by atoms with Gasteiger partial charge in [0.2, 0.25) is 10.0 Å². The molecule has 0 bridgehead atoms. The number of carbonyl (C=O) groups is 1. The SMILES string of the molecule is NS(=O)(=O)c1ccc(SC2COC2)c(C(=O)O)c1. The minimum Gasteiger partial charge on any atom is -0.478 e. The van der Waals surface area contributed by atoms with Gasteiger partial charge in [0.1, 0.15) is 0 Å². The zero-order chi connectivity index (χ0) is 13.3. The van der Waals surface area contributed by atoms with Crippen LogP contribution in [-0.4, -0.2) is 38.0 Å². The quantitative estimate of drug-likeness (QED) is 0.837. The molecule has 0 unspecified atom stereocenters. The summed E-state index contributed by atoms with van der Waals surface area (Å²) < 4.78 is 27.3. The van der Waals surface area contributed by atoms with Gasteiger partial charge in [0.25, 0.3) is 0 Å².